The smallest absolute Gasteiger partial charge is 0.329 e. The van der Waals surface area contributed by atoms with E-state index in [2.05, 4.69) is 21.2 Å². The summed E-state index contributed by atoms with van der Waals surface area (Å²) in [6.45, 7) is 3.44. The van der Waals surface area contributed by atoms with E-state index in [0.717, 1.165) is 21.9 Å². The minimum Gasteiger partial charge on any atom is -0.495 e. The van der Waals surface area contributed by atoms with Crippen molar-refractivity contribution in [2.75, 3.05) is 17.7 Å². The second-order valence-corrected chi connectivity index (χ2v) is 7.98. The van der Waals surface area contributed by atoms with Crippen molar-refractivity contribution < 1.29 is 23.5 Å². The third kappa shape index (κ3) is 5.47. The number of fused-ring (bicyclic) bond motifs is 3. The summed E-state index contributed by atoms with van der Waals surface area (Å²) in [5.41, 5.74) is 5.71. The second kappa shape index (κ2) is 10.1. The lowest BCUT2D eigenvalue weighted by molar-refractivity contribution is -0.136. The molecule has 3 aromatic carbocycles. The van der Waals surface area contributed by atoms with Crippen LogP contribution in [0.25, 0.3) is 21.9 Å². The lowest BCUT2D eigenvalue weighted by Gasteiger charge is -2.10. The Bertz CT molecular complexity index is 1470. The van der Waals surface area contributed by atoms with E-state index in [-0.39, 0.29) is 12.3 Å². The van der Waals surface area contributed by atoms with Gasteiger partial charge in [-0.25, -0.2) is 5.43 Å². The fourth-order valence-electron chi connectivity index (χ4n) is 3.59. The molecule has 0 aliphatic carbocycles. The van der Waals surface area contributed by atoms with E-state index in [1.807, 2.05) is 43.3 Å². The van der Waals surface area contributed by atoms with Crippen molar-refractivity contribution in [3.63, 3.8) is 0 Å². The van der Waals surface area contributed by atoms with Gasteiger partial charge in [-0.3, -0.25) is 14.4 Å². The van der Waals surface area contributed by atoms with Crippen molar-refractivity contribution in [3.05, 3.63) is 66.2 Å². The number of benzene rings is 3. The van der Waals surface area contributed by atoms with E-state index in [1.54, 1.807) is 31.2 Å². The number of hydrazone groups is 1. The van der Waals surface area contributed by atoms with E-state index >= 15 is 0 Å². The van der Waals surface area contributed by atoms with Gasteiger partial charge in [-0.1, -0.05) is 30.3 Å². The van der Waals surface area contributed by atoms with Gasteiger partial charge < -0.3 is 19.8 Å². The maximum Gasteiger partial charge on any atom is 0.329 e. The number of furan rings is 1. The zero-order valence-corrected chi connectivity index (χ0v) is 19.5. The largest absolute Gasteiger partial charge is 0.495 e. The normalized spacial score (nSPS) is 11.3. The molecule has 35 heavy (non-hydrogen) atoms. The van der Waals surface area contributed by atoms with Gasteiger partial charge in [-0.05, 0) is 43.7 Å². The summed E-state index contributed by atoms with van der Waals surface area (Å²) in [7, 11) is 1.52. The van der Waals surface area contributed by atoms with Crippen LogP contribution >= 0.6 is 0 Å². The van der Waals surface area contributed by atoms with Crippen LogP contribution < -0.4 is 20.8 Å². The van der Waals surface area contributed by atoms with Crippen molar-refractivity contribution in [2.24, 2.45) is 5.10 Å². The molecule has 0 spiro atoms. The number of rotatable bonds is 6. The number of anilines is 2. The first-order chi connectivity index (χ1) is 16.8. The molecule has 0 aliphatic rings. The Morgan fingerprint density at radius 1 is 0.914 bits per heavy atom. The zero-order valence-electron chi connectivity index (χ0n) is 19.5. The number of amides is 3. The summed E-state index contributed by atoms with van der Waals surface area (Å²) in [5, 5.41) is 11.0. The average Bonchev–Trinajstić information content (AvgIpc) is 3.19. The maximum absolute atomic E-state index is 12.6. The first kappa shape index (κ1) is 23.5. The Morgan fingerprint density at radius 3 is 2.49 bits per heavy atom. The molecule has 0 aliphatic heterocycles. The van der Waals surface area contributed by atoms with E-state index in [9.17, 15) is 14.4 Å². The molecule has 0 bridgehead atoms. The molecule has 9 nitrogen and oxygen atoms in total. The Morgan fingerprint density at radius 2 is 1.71 bits per heavy atom. The summed E-state index contributed by atoms with van der Waals surface area (Å²) < 4.78 is 11.3. The summed E-state index contributed by atoms with van der Waals surface area (Å²) in [4.78, 5) is 36.7. The first-order valence-electron chi connectivity index (χ1n) is 10.8. The predicted molar refractivity (Wildman–Crippen MR) is 135 cm³/mol. The van der Waals surface area contributed by atoms with E-state index in [0.29, 0.717) is 28.4 Å². The molecule has 0 atom stereocenters. The van der Waals surface area contributed by atoms with Gasteiger partial charge in [-0.2, -0.15) is 5.10 Å². The van der Waals surface area contributed by atoms with Gasteiger partial charge in [0.15, 0.2) is 0 Å². The summed E-state index contributed by atoms with van der Waals surface area (Å²) in [5.74, 6) is -1.70. The number of para-hydroxylation sites is 1. The van der Waals surface area contributed by atoms with Crippen LogP contribution in [0.3, 0.4) is 0 Å². The SMILES string of the molecule is COc1cc2c(cc1NC(=O)CC(C)=NNC(=O)C(=O)Nc1cccc(C)c1)oc1ccccc12. The van der Waals surface area contributed by atoms with Gasteiger partial charge in [0.05, 0.1) is 19.2 Å². The number of nitrogens with zero attached hydrogens (tertiary/aromatic N) is 1. The number of methoxy groups -OCH3 is 1. The summed E-state index contributed by atoms with van der Waals surface area (Å²) in [6, 6.07) is 18.2. The maximum atomic E-state index is 12.6. The number of carbonyl (C=O) groups excluding carboxylic acids is 3. The third-order valence-corrected chi connectivity index (χ3v) is 5.22. The Balaban J connectivity index is 1.39. The van der Waals surface area contributed by atoms with Crippen LogP contribution in [-0.4, -0.2) is 30.5 Å². The average molecular weight is 473 g/mol. The van der Waals surface area contributed by atoms with Crippen LogP contribution in [0.15, 0.2) is 70.2 Å². The van der Waals surface area contributed by atoms with Gasteiger partial charge in [-0.15, -0.1) is 0 Å². The Labute approximate surface area is 201 Å². The number of hydrogen-bond acceptors (Lipinski definition) is 6. The molecular formula is C26H24N4O5. The molecule has 0 saturated heterocycles. The molecular weight excluding hydrogens is 448 g/mol. The third-order valence-electron chi connectivity index (χ3n) is 5.22. The summed E-state index contributed by atoms with van der Waals surface area (Å²) in [6.07, 6.45) is -0.110. The van der Waals surface area contributed by atoms with Crippen LogP contribution in [0, 0.1) is 6.92 Å². The van der Waals surface area contributed by atoms with Crippen LogP contribution in [0.2, 0.25) is 0 Å². The van der Waals surface area contributed by atoms with Crippen molar-refractivity contribution in [1.82, 2.24) is 5.43 Å². The van der Waals surface area contributed by atoms with Gasteiger partial charge in [0.25, 0.3) is 0 Å². The molecule has 9 heteroatoms. The first-order valence-corrected chi connectivity index (χ1v) is 10.8. The highest BCUT2D eigenvalue weighted by Crippen LogP contribution is 2.36. The topological polar surface area (TPSA) is 122 Å². The number of nitrogens with one attached hydrogen (secondary N) is 3. The molecule has 0 saturated carbocycles. The molecule has 0 radical (unpaired) electrons. The van der Waals surface area contributed by atoms with Crippen LogP contribution in [0.5, 0.6) is 5.75 Å². The zero-order chi connectivity index (χ0) is 24.9. The monoisotopic (exact) mass is 472 g/mol. The van der Waals surface area contributed by atoms with E-state index in [1.165, 1.54) is 7.11 Å². The van der Waals surface area contributed by atoms with Gasteiger partial charge in [0.2, 0.25) is 5.91 Å². The quantitative estimate of drug-likeness (QED) is 0.219. The predicted octanol–water partition coefficient (Wildman–Crippen LogP) is 4.36. The molecule has 0 unspecified atom stereocenters. The molecule has 1 heterocycles. The molecule has 1 aromatic heterocycles. The number of hydrogen-bond donors (Lipinski definition) is 3. The molecule has 3 amide bonds. The fourth-order valence-corrected chi connectivity index (χ4v) is 3.59. The molecule has 3 N–H and O–H groups in total. The minimum absolute atomic E-state index is 0.110. The van der Waals surface area contributed by atoms with Gasteiger partial charge in [0.1, 0.15) is 16.9 Å². The highest BCUT2D eigenvalue weighted by atomic mass is 16.5. The van der Waals surface area contributed by atoms with Crippen LogP contribution in [0.4, 0.5) is 11.4 Å². The van der Waals surface area contributed by atoms with Gasteiger partial charge in [0, 0.05) is 28.2 Å². The number of carbonyl (C=O) groups is 3. The molecule has 4 aromatic rings. The van der Waals surface area contributed by atoms with Crippen molar-refractivity contribution in [3.8, 4) is 5.75 Å². The highest BCUT2D eigenvalue weighted by molar-refractivity contribution is 6.39. The summed E-state index contributed by atoms with van der Waals surface area (Å²) >= 11 is 0. The van der Waals surface area contributed by atoms with Crippen LogP contribution in [0.1, 0.15) is 18.9 Å². The van der Waals surface area contributed by atoms with E-state index in [4.69, 9.17) is 9.15 Å². The Kier molecular flexibility index (Phi) is 6.77. The van der Waals surface area contributed by atoms with Crippen LogP contribution in [-0.2, 0) is 14.4 Å². The molecule has 178 valence electrons. The standard InChI is InChI=1S/C26H24N4O5/c1-15-7-6-8-17(11-15)27-25(32)26(33)30-29-16(2)12-24(31)28-20-14-22-19(13-23(20)34-3)18-9-4-5-10-21(18)35-22/h4-11,13-14H,12H2,1-3H3,(H,27,32)(H,28,31)(H,30,33). The number of aryl methyl sites for hydroxylation is 1. The van der Waals surface area contributed by atoms with E-state index < -0.39 is 11.8 Å². The fraction of sp³-hybridized carbons (Fsp3) is 0.154. The second-order valence-electron chi connectivity index (χ2n) is 7.98. The minimum atomic E-state index is -0.941. The van der Waals surface area contributed by atoms with Gasteiger partial charge >= 0.3 is 11.8 Å². The highest BCUT2D eigenvalue weighted by Gasteiger charge is 2.16. The molecule has 4 rings (SSSR count). The lowest BCUT2D eigenvalue weighted by atomic mass is 10.1. The van der Waals surface area contributed by atoms with Crippen molar-refractivity contribution in [2.45, 2.75) is 20.3 Å². The molecule has 0 fully saturated rings. The number of ether oxygens (including phenoxy) is 1. The Hall–Kier alpha value is -4.66. The lowest BCUT2D eigenvalue weighted by Crippen LogP contribution is -2.33. The van der Waals surface area contributed by atoms with Crippen molar-refractivity contribution >= 4 is 56.7 Å². The van der Waals surface area contributed by atoms with Crippen molar-refractivity contribution in [1.29, 1.82) is 0 Å².